The molecule has 2 rings (SSSR count). The summed E-state index contributed by atoms with van der Waals surface area (Å²) in [6.45, 7) is 6.07. The first-order chi connectivity index (χ1) is 7.74. The Labute approximate surface area is 99.3 Å². The van der Waals surface area contributed by atoms with Gasteiger partial charge in [-0.1, -0.05) is 13.8 Å². The number of rotatable bonds is 5. The van der Waals surface area contributed by atoms with Crippen molar-refractivity contribution in [2.45, 2.75) is 33.0 Å². The molecule has 5 heteroatoms. The fraction of sp³-hybridized carbons (Fsp3) is 0.455. The monoisotopic (exact) mass is 236 g/mol. The number of hydrogen-bond donors (Lipinski definition) is 1. The van der Waals surface area contributed by atoms with E-state index in [1.807, 2.05) is 16.0 Å². The van der Waals surface area contributed by atoms with Crippen molar-refractivity contribution in [2.24, 2.45) is 0 Å². The molecule has 2 heterocycles. The molecule has 2 aromatic rings. The first-order valence-corrected chi connectivity index (χ1v) is 6.19. The molecule has 0 atom stereocenters. The lowest BCUT2D eigenvalue weighted by molar-refractivity contribution is 0.593. The van der Waals surface area contributed by atoms with Gasteiger partial charge in [-0.25, -0.2) is 9.67 Å². The van der Waals surface area contributed by atoms with E-state index in [0.717, 1.165) is 13.1 Å². The highest BCUT2D eigenvalue weighted by Gasteiger charge is 2.02. The number of nitrogens with zero attached hydrogens (tertiary/aromatic N) is 3. The highest BCUT2D eigenvalue weighted by atomic mass is 32.1. The molecular formula is C11H16N4S. The smallest absolute Gasteiger partial charge is 0.137 e. The van der Waals surface area contributed by atoms with Crippen molar-refractivity contribution in [3.63, 3.8) is 0 Å². The van der Waals surface area contributed by atoms with Gasteiger partial charge >= 0.3 is 0 Å². The Balaban J connectivity index is 1.92. The number of nitrogens with one attached hydrogen (secondary N) is 1. The summed E-state index contributed by atoms with van der Waals surface area (Å²) in [7, 11) is 0. The molecule has 0 fully saturated rings. The van der Waals surface area contributed by atoms with Gasteiger partial charge in [-0.2, -0.15) is 5.10 Å². The van der Waals surface area contributed by atoms with E-state index in [0.29, 0.717) is 6.04 Å². The van der Waals surface area contributed by atoms with Gasteiger partial charge in [0.15, 0.2) is 0 Å². The molecule has 4 nitrogen and oxygen atoms in total. The van der Waals surface area contributed by atoms with E-state index in [1.54, 1.807) is 12.7 Å². The molecule has 0 bridgehead atoms. The molecule has 0 aliphatic heterocycles. The van der Waals surface area contributed by atoms with Crippen molar-refractivity contribution in [1.29, 1.82) is 0 Å². The van der Waals surface area contributed by atoms with E-state index in [1.165, 1.54) is 9.75 Å². The molecule has 0 aliphatic carbocycles. The minimum Gasteiger partial charge on any atom is -0.310 e. The summed E-state index contributed by atoms with van der Waals surface area (Å²) in [4.78, 5) is 6.60. The molecule has 86 valence electrons. The van der Waals surface area contributed by atoms with Crippen molar-refractivity contribution in [2.75, 3.05) is 0 Å². The zero-order chi connectivity index (χ0) is 11.4. The van der Waals surface area contributed by atoms with Crippen molar-refractivity contribution in [3.05, 3.63) is 34.5 Å². The van der Waals surface area contributed by atoms with Crippen LogP contribution in [0.15, 0.2) is 24.8 Å². The Kier molecular flexibility index (Phi) is 3.69. The number of thiophene rings is 1. The van der Waals surface area contributed by atoms with Crippen molar-refractivity contribution >= 4 is 11.3 Å². The summed E-state index contributed by atoms with van der Waals surface area (Å²) in [5.74, 6) is 0. The largest absolute Gasteiger partial charge is 0.310 e. The van der Waals surface area contributed by atoms with E-state index in [2.05, 4.69) is 41.4 Å². The summed E-state index contributed by atoms with van der Waals surface area (Å²) in [6, 6.07) is 4.86. The van der Waals surface area contributed by atoms with Gasteiger partial charge in [0.25, 0.3) is 0 Å². The molecular weight excluding hydrogens is 220 g/mol. The van der Waals surface area contributed by atoms with E-state index in [9.17, 15) is 0 Å². The predicted molar refractivity (Wildman–Crippen MR) is 65.4 cm³/mol. The van der Waals surface area contributed by atoms with Crippen molar-refractivity contribution in [1.82, 2.24) is 20.1 Å². The van der Waals surface area contributed by atoms with Crippen LogP contribution >= 0.6 is 11.3 Å². The maximum absolute atomic E-state index is 4.09. The Morgan fingerprint density at radius 2 is 2.19 bits per heavy atom. The fourth-order valence-electron chi connectivity index (χ4n) is 1.38. The quantitative estimate of drug-likeness (QED) is 0.862. The van der Waals surface area contributed by atoms with E-state index >= 15 is 0 Å². The number of hydrogen-bond acceptors (Lipinski definition) is 4. The average Bonchev–Trinajstić information content (AvgIpc) is 2.87. The highest BCUT2D eigenvalue weighted by molar-refractivity contribution is 7.11. The first kappa shape index (κ1) is 11.3. The van der Waals surface area contributed by atoms with Gasteiger partial charge < -0.3 is 5.32 Å². The molecule has 0 aromatic carbocycles. The molecule has 2 aromatic heterocycles. The maximum atomic E-state index is 4.09. The van der Waals surface area contributed by atoms with Crippen LogP contribution in [0, 0.1) is 0 Å². The van der Waals surface area contributed by atoms with Gasteiger partial charge in [0, 0.05) is 22.3 Å². The molecule has 1 N–H and O–H groups in total. The van der Waals surface area contributed by atoms with Crippen LogP contribution in [0.3, 0.4) is 0 Å². The number of aromatic nitrogens is 3. The maximum Gasteiger partial charge on any atom is 0.137 e. The van der Waals surface area contributed by atoms with Crippen LogP contribution in [0.5, 0.6) is 0 Å². The molecule has 0 radical (unpaired) electrons. The summed E-state index contributed by atoms with van der Waals surface area (Å²) in [5.41, 5.74) is 0. The van der Waals surface area contributed by atoms with Gasteiger partial charge in [-0.3, -0.25) is 0 Å². The van der Waals surface area contributed by atoms with Crippen LogP contribution in [0.4, 0.5) is 0 Å². The average molecular weight is 236 g/mol. The minimum atomic E-state index is 0.529. The van der Waals surface area contributed by atoms with Crippen molar-refractivity contribution in [3.8, 4) is 0 Å². The van der Waals surface area contributed by atoms with E-state index < -0.39 is 0 Å². The van der Waals surface area contributed by atoms with Gasteiger partial charge in [-0.15, -0.1) is 11.3 Å². The summed E-state index contributed by atoms with van der Waals surface area (Å²) >= 11 is 1.82. The zero-order valence-corrected chi connectivity index (χ0v) is 10.4. The third-order valence-corrected chi connectivity index (χ3v) is 3.26. The van der Waals surface area contributed by atoms with Gasteiger partial charge in [0.2, 0.25) is 0 Å². The highest BCUT2D eigenvalue weighted by Crippen LogP contribution is 2.17. The Hall–Kier alpha value is -1.20. The summed E-state index contributed by atoms with van der Waals surface area (Å²) in [6.07, 6.45) is 3.31. The molecule has 0 spiro atoms. The second kappa shape index (κ2) is 5.23. The van der Waals surface area contributed by atoms with E-state index in [4.69, 9.17) is 0 Å². The Bertz CT molecular complexity index is 419. The molecule has 0 saturated heterocycles. The van der Waals surface area contributed by atoms with Gasteiger partial charge in [0.1, 0.15) is 12.7 Å². The third-order valence-electron chi connectivity index (χ3n) is 2.19. The van der Waals surface area contributed by atoms with Crippen LogP contribution in [0.2, 0.25) is 0 Å². The molecule has 0 saturated carbocycles. The first-order valence-electron chi connectivity index (χ1n) is 5.37. The Morgan fingerprint density at radius 3 is 2.88 bits per heavy atom. The second-order valence-corrected chi connectivity index (χ2v) is 5.25. The van der Waals surface area contributed by atoms with Crippen LogP contribution in [0.25, 0.3) is 0 Å². The fourth-order valence-corrected chi connectivity index (χ4v) is 2.34. The summed E-state index contributed by atoms with van der Waals surface area (Å²) < 4.78 is 1.84. The van der Waals surface area contributed by atoms with Crippen LogP contribution in [-0.4, -0.2) is 20.8 Å². The second-order valence-electron chi connectivity index (χ2n) is 4.00. The van der Waals surface area contributed by atoms with Crippen molar-refractivity contribution < 1.29 is 0 Å². The standard InChI is InChI=1S/C11H16N4S/c1-9(2)13-5-10-3-4-11(16-10)6-15-8-12-7-14-15/h3-4,7-9,13H,5-6H2,1-2H3. The Morgan fingerprint density at radius 1 is 1.38 bits per heavy atom. The molecule has 0 amide bonds. The van der Waals surface area contributed by atoms with Gasteiger partial charge in [0.05, 0.1) is 6.54 Å². The predicted octanol–water partition coefficient (Wildman–Crippen LogP) is 1.89. The van der Waals surface area contributed by atoms with Crippen LogP contribution in [-0.2, 0) is 13.1 Å². The lowest BCUT2D eigenvalue weighted by Gasteiger charge is -2.05. The SMILES string of the molecule is CC(C)NCc1ccc(Cn2cncn2)s1. The third kappa shape index (κ3) is 3.15. The topological polar surface area (TPSA) is 42.7 Å². The summed E-state index contributed by atoms with van der Waals surface area (Å²) in [5, 5.41) is 7.50. The molecule has 0 unspecified atom stereocenters. The van der Waals surface area contributed by atoms with Gasteiger partial charge in [-0.05, 0) is 12.1 Å². The van der Waals surface area contributed by atoms with E-state index in [-0.39, 0.29) is 0 Å². The minimum absolute atomic E-state index is 0.529. The normalized spacial score (nSPS) is 11.2. The lowest BCUT2D eigenvalue weighted by atomic mass is 10.3. The molecule has 0 aliphatic rings. The lowest BCUT2D eigenvalue weighted by Crippen LogP contribution is -2.21. The zero-order valence-electron chi connectivity index (χ0n) is 9.55. The molecule has 16 heavy (non-hydrogen) atoms. The van der Waals surface area contributed by atoms with Crippen LogP contribution < -0.4 is 5.32 Å². The van der Waals surface area contributed by atoms with Crippen LogP contribution in [0.1, 0.15) is 23.6 Å².